The first-order valence-electron chi connectivity index (χ1n) is 4.36. The molecule has 0 amide bonds. The fourth-order valence-electron chi connectivity index (χ4n) is 1.14. The Hall–Kier alpha value is -0.280. The molecular formula is C7H12Br2N2O5. The van der Waals surface area contributed by atoms with Crippen molar-refractivity contribution < 1.29 is 14.6 Å². The smallest absolute Gasteiger partial charge is 0.305 e. The topological polar surface area (TPSA) is 95.5 Å². The molecule has 0 saturated carbocycles. The Morgan fingerprint density at radius 1 is 1.19 bits per heavy atom. The second kappa shape index (κ2) is 5.37. The molecular weight excluding hydrogens is 352 g/mol. The van der Waals surface area contributed by atoms with Crippen molar-refractivity contribution in [3.05, 3.63) is 20.2 Å². The number of ether oxygens (including phenoxy) is 1. The number of rotatable bonds is 6. The van der Waals surface area contributed by atoms with Crippen molar-refractivity contribution in [3.63, 3.8) is 0 Å². The summed E-state index contributed by atoms with van der Waals surface area (Å²) in [7, 11) is 0. The summed E-state index contributed by atoms with van der Waals surface area (Å²) in [4.78, 5) is 20.4. The highest BCUT2D eigenvalue weighted by Crippen LogP contribution is 2.37. The van der Waals surface area contributed by atoms with Crippen LogP contribution in [0.25, 0.3) is 0 Å². The van der Waals surface area contributed by atoms with E-state index in [9.17, 15) is 20.2 Å². The van der Waals surface area contributed by atoms with Gasteiger partial charge in [-0.2, -0.15) is 0 Å². The molecule has 0 aromatic rings. The van der Waals surface area contributed by atoms with Crippen molar-refractivity contribution in [1.29, 1.82) is 0 Å². The van der Waals surface area contributed by atoms with Gasteiger partial charge in [0.2, 0.25) is 6.10 Å². The molecule has 0 unspecified atom stereocenters. The minimum atomic E-state index is -1.74. The Balaban J connectivity index is 5.31. The van der Waals surface area contributed by atoms with Crippen molar-refractivity contribution in [2.45, 2.75) is 35.8 Å². The van der Waals surface area contributed by atoms with Gasteiger partial charge in [0.15, 0.2) is 0 Å². The van der Waals surface area contributed by atoms with Gasteiger partial charge in [0.05, 0.1) is 0 Å². The highest BCUT2D eigenvalue weighted by atomic mass is 79.9. The number of nitrogens with zero attached hydrogens (tertiary/aromatic N) is 2. The predicted molar refractivity (Wildman–Crippen MR) is 64.1 cm³/mol. The second-order valence-electron chi connectivity index (χ2n) is 3.40. The lowest BCUT2D eigenvalue weighted by molar-refractivity contribution is -0.590. The molecule has 16 heavy (non-hydrogen) atoms. The van der Waals surface area contributed by atoms with Crippen LogP contribution < -0.4 is 0 Å². The van der Waals surface area contributed by atoms with E-state index in [0.717, 1.165) is 0 Å². The van der Waals surface area contributed by atoms with Gasteiger partial charge in [-0.05, 0) is 6.92 Å². The molecule has 0 radical (unpaired) electrons. The number of hydrogen-bond donors (Lipinski definition) is 0. The van der Waals surface area contributed by atoms with E-state index in [1.54, 1.807) is 6.92 Å². The third-order valence-corrected chi connectivity index (χ3v) is 3.42. The molecule has 0 aliphatic carbocycles. The largest absolute Gasteiger partial charge is 0.363 e. The third kappa shape index (κ3) is 3.11. The van der Waals surface area contributed by atoms with Crippen LogP contribution in [-0.4, -0.2) is 31.5 Å². The SMILES string of the molecule is CCOC([C@@](C)(Br)[N+](=O)[O-])[C@@](C)(Br)[N+](=O)[O-]. The van der Waals surface area contributed by atoms with Crippen LogP contribution in [0.2, 0.25) is 0 Å². The molecule has 0 N–H and O–H groups in total. The molecule has 0 bridgehead atoms. The minimum absolute atomic E-state index is 0.134. The molecule has 0 saturated heterocycles. The molecule has 0 fully saturated rings. The van der Waals surface area contributed by atoms with Crippen LogP contribution >= 0.6 is 31.9 Å². The Bertz CT molecular complexity index is 269. The summed E-state index contributed by atoms with van der Waals surface area (Å²) in [6, 6.07) is 0. The van der Waals surface area contributed by atoms with E-state index in [2.05, 4.69) is 31.9 Å². The average Bonchev–Trinajstić information content (AvgIpc) is 2.12. The maximum atomic E-state index is 10.8. The number of alkyl halides is 2. The fraction of sp³-hybridized carbons (Fsp3) is 1.00. The van der Waals surface area contributed by atoms with Crippen LogP contribution in [0.1, 0.15) is 20.8 Å². The Kier molecular flexibility index (Phi) is 5.27. The minimum Gasteiger partial charge on any atom is -0.363 e. The van der Waals surface area contributed by atoms with Gasteiger partial charge in [-0.3, -0.25) is 20.2 Å². The summed E-state index contributed by atoms with van der Waals surface area (Å²) in [6.45, 7) is 4.18. The van der Waals surface area contributed by atoms with Gasteiger partial charge in [-0.1, -0.05) is 0 Å². The van der Waals surface area contributed by atoms with Gasteiger partial charge in [-0.15, -0.1) is 0 Å². The number of nitro groups is 2. The summed E-state index contributed by atoms with van der Waals surface area (Å²) in [5, 5.41) is 21.7. The van der Waals surface area contributed by atoms with E-state index in [1.165, 1.54) is 13.8 Å². The fourth-order valence-corrected chi connectivity index (χ4v) is 2.61. The average molecular weight is 364 g/mol. The lowest BCUT2D eigenvalue weighted by atomic mass is 10.1. The van der Waals surface area contributed by atoms with Crippen molar-refractivity contribution in [3.8, 4) is 0 Å². The molecule has 0 aromatic carbocycles. The Labute approximate surface area is 109 Å². The molecule has 9 heteroatoms. The summed E-state index contributed by atoms with van der Waals surface area (Å²) >= 11 is 5.72. The quantitative estimate of drug-likeness (QED) is 0.312. The van der Waals surface area contributed by atoms with Crippen LogP contribution in [0, 0.1) is 20.2 Å². The van der Waals surface area contributed by atoms with E-state index in [-0.39, 0.29) is 6.61 Å². The van der Waals surface area contributed by atoms with Gasteiger partial charge >= 0.3 is 8.90 Å². The maximum absolute atomic E-state index is 10.8. The summed E-state index contributed by atoms with van der Waals surface area (Å²) in [5.41, 5.74) is 0. The van der Waals surface area contributed by atoms with E-state index in [0.29, 0.717) is 0 Å². The molecule has 0 spiro atoms. The molecule has 94 valence electrons. The van der Waals surface area contributed by atoms with Crippen molar-refractivity contribution >= 4 is 31.9 Å². The first-order valence-corrected chi connectivity index (χ1v) is 5.95. The lowest BCUT2D eigenvalue weighted by Gasteiger charge is -2.29. The van der Waals surface area contributed by atoms with E-state index >= 15 is 0 Å². The third-order valence-electron chi connectivity index (χ3n) is 2.00. The molecule has 0 rings (SSSR count). The molecule has 0 aromatic heterocycles. The maximum Gasteiger partial charge on any atom is 0.305 e. The molecule has 7 nitrogen and oxygen atoms in total. The normalized spacial score (nSPS) is 18.9. The van der Waals surface area contributed by atoms with Crippen LogP contribution in [0.3, 0.4) is 0 Å². The van der Waals surface area contributed by atoms with E-state index in [1.807, 2.05) is 0 Å². The lowest BCUT2D eigenvalue weighted by Crippen LogP contribution is -2.56. The van der Waals surface area contributed by atoms with Gasteiger partial charge in [0.25, 0.3) is 0 Å². The highest BCUT2D eigenvalue weighted by molar-refractivity contribution is 9.10. The second-order valence-corrected chi connectivity index (χ2v) is 6.61. The van der Waals surface area contributed by atoms with Crippen LogP contribution in [-0.2, 0) is 4.74 Å². The zero-order valence-electron chi connectivity index (χ0n) is 8.98. The monoisotopic (exact) mass is 362 g/mol. The summed E-state index contributed by atoms with van der Waals surface area (Å²) in [5.74, 6) is 0. The van der Waals surface area contributed by atoms with Crippen LogP contribution in [0.5, 0.6) is 0 Å². The van der Waals surface area contributed by atoms with Gasteiger partial charge in [0, 0.05) is 62.2 Å². The van der Waals surface area contributed by atoms with Gasteiger partial charge in [0.1, 0.15) is 0 Å². The van der Waals surface area contributed by atoms with E-state index in [4.69, 9.17) is 4.74 Å². The molecule has 0 aliphatic heterocycles. The Morgan fingerprint density at radius 2 is 1.50 bits per heavy atom. The number of halogens is 2. The van der Waals surface area contributed by atoms with E-state index < -0.39 is 24.8 Å². The summed E-state index contributed by atoms with van der Waals surface area (Å²) < 4.78 is 1.63. The predicted octanol–water partition coefficient (Wildman–Crippen LogP) is 2.17. The molecule has 0 heterocycles. The van der Waals surface area contributed by atoms with Crippen LogP contribution in [0.15, 0.2) is 0 Å². The molecule has 2 atom stereocenters. The van der Waals surface area contributed by atoms with Crippen molar-refractivity contribution in [2.75, 3.05) is 6.61 Å². The zero-order valence-corrected chi connectivity index (χ0v) is 12.1. The first kappa shape index (κ1) is 15.7. The zero-order chi connectivity index (χ0) is 13.1. The van der Waals surface area contributed by atoms with Crippen LogP contribution in [0.4, 0.5) is 0 Å². The number of hydrogen-bond acceptors (Lipinski definition) is 5. The standard InChI is InChI=1S/C7H12Br2N2O5/c1-4-16-5(6(2,8)10(12)13)7(3,9)11(14)15/h5H,4H2,1-3H3/t6-,7-/m0/s1. The van der Waals surface area contributed by atoms with Gasteiger partial charge < -0.3 is 4.74 Å². The Morgan fingerprint density at radius 3 is 1.69 bits per heavy atom. The van der Waals surface area contributed by atoms with Gasteiger partial charge in [-0.25, -0.2) is 0 Å². The summed E-state index contributed by atoms with van der Waals surface area (Å²) in [6.07, 6.45) is -1.25. The molecule has 0 aliphatic rings. The van der Waals surface area contributed by atoms with Crippen molar-refractivity contribution in [1.82, 2.24) is 0 Å². The van der Waals surface area contributed by atoms with Crippen molar-refractivity contribution in [2.24, 2.45) is 0 Å². The highest BCUT2D eigenvalue weighted by Gasteiger charge is 2.60. The first-order chi connectivity index (χ1) is 7.08.